The summed E-state index contributed by atoms with van der Waals surface area (Å²) in [6, 6.07) is 4.94. The van der Waals surface area contributed by atoms with Gasteiger partial charge in [-0.25, -0.2) is 4.98 Å². The average Bonchev–Trinajstić information content (AvgIpc) is 2.71. The molecule has 0 saturated carbocycles. The number of carbonyl (C=O) groups is 1. The van der Waals surface area contributed by atoms with Crippen LogP contribution in [-0.4, -0.2) is 41.5 Å². The Morgan fingerprint density at radius 3 is 3.16 bits per heavy atom. The standard InChI is InChI=1S/C14H20N4O/c1-15-14-10(3-2-6-16-14)9-18-11-4-5-12(18)8-17-13(19)7-11/h2-3,6,11-12H,4-5,7-9H2,1H3,(H,15,16)(H,17,19)/t11-,12+/m1/s1. The van der Waals surface area contributed by atoms with Crippen LogP contribution in [0.3, 0.4) is 0 Å². The Labute approximate surface area is 113 Å². The van der Waals surface area contributed by atoms with Gasteiger partial charge in [-0.15, -0.1) is 0 Å². The summed E-state index contributed by atoms with van der Waals surface area (Å²) < 4.78 is 0. The van der Waals surface area contributed by atoms with Gasteiger partial charge in [0.05, 0.1) is 0 Å². The quantitative estimate of drug-likeness (QED) is 0.850. The van der Waals surface area contributed by atoms with Gasteiger partial charge >= 0.3 is 0 Å². The summed E-state index contributed by atoms with van der Waals surface area (Å²) in [6.45, 7) is 1.65. The van der Waals surface area contributed by atoms with E-state index in [0.717, 1.165) is 25.3 Å². The van der Waals surface area contributed by atoms with Crippen molar-refractivity contribution >= 4 is 11.7 Å². The first-order valence-corrected chi connectivity index (χ1v) is 6.92. The number of fused-ring (bicyclic) bond motifs is 2. The number of anilines is 1. The van der Waals surface area contributed by atoms with E-state index in [1.54, 1.807) is 6.20 Å². The predicted molar refractivity (Wildman–Crippen MR) is 73.8 cm³/mol. The van der Waals surface area contributed by atoms with Crippen LogP contribution in [0.4, 0.5) is 5.82 Å². The molecule has 2 aliphatic heterocycles. The van der Waals surface area contributed by atoms with E-state index in [1.807, 2.05) is 13.1 Å². The number of carbonyl (C=O) groups excluding carboxylic acids is 1. The van der Waals surface area contributed by atoms with Crippen LogP contribution in [-0.2, 0) is 11.3 Å². The molecule has 102 valence electrons. The van der Waals surface area contributed by atoms with Crippen molar-refractivity contribution in [3.05, 3.63) is 23.9 Å². The van der Waals surface area contributed by atoms with Gasteiger partial charge in [0.15, 0.2) is 0 Å². The molecule has 2 atom stereocenters. The second-order valence-electron chi connectivity index (χ2n) is 5.33. The van der Waals surface area contributed by atoms with Gasteiger partial charge < -0.3 is 10.6 Å². The lowest BCUT2D eigenvalue weighted by Gasteiger charge is -2.27. The molecule has 1 aromatic rings. The first-order valence-electron chi connectivity index (χ1n) is 6.92. The smallest absolute Gasteiger partial charge is 0.221 e. The lowest BCUT2D eigenvalue weighted by Crippen LogP contribution is -2.37. The summed E-state index contributed by atoms with van der Waals surface area (Å²) in [4.78, 5) is 18.5. The maximum Gasteiger partial charge on any atom is 0.221 e. The zero-order valence-corrected chi connectivity index (χ0v) is 11.2. The van der Waals surface area contributed by atoms with E-state index in [-0.39, 0.29) is 5.91 Å². The molecule has 0 spiro atoms. The molecule has 0 radical (unpaired) electrons. The highest BCUT2D eigenvalue weighted by atomic mass is 16.1. The van der Waals surface area contributed by atoms with E-state index < -0.39 is 0 Å². The van der Waals surface area contributed by atoms with Gasteiger partial charge in [0.25, 0.3) is 0 Å². The highest BCUT2D eigenvalue weighted by Gasteiger charge is 2.37. The molecule has 5 nitrogen and oxygen atoms in total. The Hall–Kier alpha value is -1.62. The molecular weight excluding hydrogens is 240 g/mol. The van der Waals surface area contributed by atoms with Crippen molar-refractivity contribution in [2.75, 3.05) is 18.9 Å². The van der Waals surface area contributed by atoms with E-state index in [0.29, 0.717) is 18.5 Å². The summed E-state index contributed by atoms with van der Waals surface area (Å²) in [5.41, 5.74) is 1.20. The van der Waals surface area contributed by atoms with Crippen molar-refractivity contribution in [3.63, 3.8) is 0 Å². The second-order valence-corrected chi connectivity index (χ2v) is 5.33. The molecule has 2 bridgehead atoms. The average molecular weight is 260 g/mol. The van der Waals surface area contributed by atoms with Crippen LogP contribution in [0.5, 0.6) is 0 Å². The van der Waals surface area contributed by atoms with Gasteiger partial charge in [-0.2, -0.15) is 0 Å². The van der Waals surface area contributed by atoms with Gasteiger partial charge in [-0.3, -0.25) is 9.69 Å². The minimum Gasteiger partial charge on any atom is -0.373 e. The monoisotopic (exact) mass is 260 g/mol. The number of hydrogen-bond acceptors (Lipinski definition) is 4. The number of pyridine rings is 1. The number of rotatable bonds is 3. The lowest BCUT2D eigenvalue weighted by atomic mass is 10.1. The second kappa shape index (κ2) is 5.17. The minimum atomic E-state index is 0.192. The van der Waals surface area contributed by atoms with E-state index in [4.69, 9.17) is 0 Å². The van der Waals surface area contributed by atoms with Crippen molar-refractivity contribution < 1.29 is 4.79 Å². The molecular formula is C14H20N4O. The van der Waals surface area contributed by atoms with Crippen molar-refractivity contribution in [2.45, 2.75) is 37.9 Å². The molecule has 2 N–H and O–H groups in total. The third-order valence-corrected chi connectivity index (χ3v) is 4.21. The summed E-state index contributed by atoms with van der Waals surface area (Å²) in [5, 5.41) is 6.15. The Morgan fingerprint density at radius 2 is 2.32 bits per heavy atom. The summed E-state index contributed by atoms with van der Waals surface area (Å²) in [7, 11) is 1.90. The third-order valence-electron chi connectivity index (χ3n) is 4.21. The van der Waals surface area contributed by atoms with Gasteiger partial charge in [0.1, 0.15) is 5.82 Å². The molecule has 2 saturated heterocycles. The van der Waals surface area contributed by atoms with Crippen LogP contribution in [0.25, 0.3) is 0 Å². The van der Waals surface area contributed by atoms with Crippen molar-refractivity contribution in [2.24, 2.45) is 0 Å². The molecule has 5 heteroatoms. The predicted octanol–water partition coefficient (Wildman–Crippen LogP) is 0.976. The Morgan fingerprint density at radius 1 is 1.47 bits per heavy atom. The SMILES string of the molecule is CNc1ncccc1CN1[C@@H]2CC[C@H]1CNC(=O)C2. The van der Waals surface area contributed by atoms with Gasteiger partial charge in [-0.05, 0) is 18.9 Å². The number of aromatic nitrogens is 1. The van der Waals surface area contributed by atoms with E-state index in [1.165, 1.54) is 12.0 Å². The zero-order chi connectivity index (χ0) is 13.2. The maximum atomic E-state index is 11.6. The fourth-order valence-corrected chi connectivity index (χ4v) is 3.22. The molecule has 3 rings (SSSR count). The molecule has 0 unspecified atom stereocenters. The van der Waals surface area contributed by atoms with E-state index >= 15 is 0 Å². The Bertz CT molecular complexity index is 476. The highest BCUT2D eigenvalue weighted by Crippen LogP contribution is 2.30. The van der Waals surface area contributed by atoms with Crippen LogP contribution < -0.4 is 10.6 Å². The van der Waals surface area contributed by atoms with Crippen LogP contribution in [0.2, 0.25) is 0 Å². The van der Waals surface area contributed by atoms with Gasteiger partial charge in [0.2, 0.25) is 5.91 Å². The van der Waals surface area contributed by atoms with Crippen LogP contribution in [0, 0.1) is 0 Å². The van der Waals surface area contributed by atoms with E-state index in [2.05, 4.69) is 26.6 Å². The normalized spacial score (nSPS) is 26.9. The topological polar surface area (TPSA) is 57.3 Å². The first kappa shape index (κ1) is 12.4. The number of nitrogens with one attached hydrogen (secondary N) is 2. The minimum absolute atomic E-state index is 0.192. The van der Waals surface area contributed by atoms with E-state index in [9.17, 15) is 4.79 Å². The Kier molecular flexibility index (Phi) is 3.38. The van der Waals surface area contributed by atoms with Crippen molar-refractivity contribution in [1.29, 1.82) is 0 Å². The summed E-state index contributed by atoms with van der Waals surface area (Å²) >= 11 is 0. The largest absolute Gasteiger partial charge is 0.373 e. The summed E-state index contributed by atoms with van der Waals surface area (Å²) in [6.07, 6.45) is 4.75. The zero-order valence-electron chi connectivity index (χ0n) is 11.2. The molecule has 1 aromatic heterocycles. The molecule has 1 amide bonds. The fourth-order valence-electron chi connectivity index (χ4n) is 3.22. The summed E-state index contributed by atoms with van der Waals surface area (Å²) in [5.74, 6) is 1.13. The molecule has 0 aromatic carbocycles. The van der Waals surface area contributed by atoms with Crippen molar-refractivity contribution in [1.82, 2.24) is 15.2 Å². The third kappa shape index (κ3) is 2.42. The number of nitrogens with zero attached hydrogens (tertiary/aromatic N) is 2. The van der Waals surface area contributed by atoms with Crippen molar-refractivity contribution in [3.8, 4) is 0 Å². The Balaban J connectivity index is 1.80. The molecule has 2 fully saturated rings. The molecule has 3 heterocycles. The molecule has 0 aliphatic carbocycles. The number of hydrogen-bond donors (Lipinski definition) is 2. The fraction of sp³-hybridized carbons (Fsp3) is 0.571. The van der Waals surface area contributed by atoms with Gasteiger partial charge in [0, 0.05) is 50.4 Å². The highest BCUT2D eigenvalue weighted by molar-refractivity contribution is 5.77. The van der Waals surface area contributed by atoms with Gasteiger partial charge in [-0.1, -0.05) is 6.07 Å². The first-order chi connectivity index (χ1) is 9.28. The lowest BCUT2D eigenvalue weighted by molar-refractivity contribution is -0.121. The number of amides is 1. The molecule has 2 aliphatic rings. The van der Waals surface area contributed by atoms with Crippen LogP contribution in [0.15, 0.2) is 18.3 Å². The molecule has 19 heavy (non-hydrogen) atoms. The van der Waals surface area contributed by atoms with Crippen LogP contribution >= 0.6 is 0 Å². The van der Waals surface area contributed by atoms with Crippen LogP contribution in [0.1, 0.15) is 24.8 Å². The maximum absolute atomic E-state index is 11.6.